The molecule has 0 saturated heterocycles. The third-order valence-electron chi connectivity index (χ3n) is 8.87. The molecule has 4 rings (SSSR count). The number of aliphatic hydroxyl groups excluding tert-OH is 2. The first-order valence-corrected chi connectivity index (χ1v) is 10.2. The number of ketones is 2. The normalized spacial score (nSPS) is 52.2. The van der Waals surface area contributed by atoms with E-state index in [9.17, 15) is 19.8 Å². The van der Waals surface area contributed by atoms with Crippen molar-refractivity contribution in [3.05, 3.63) is 0 Å². The third kappa shape index (κ3) is 2.39. The zero-order chi connectivity index (χ0) is 18.0. The fourth-order valence-electron chi connectivity index (χ4n) is 7.69. The van der Waals surface area contributed by atoms with Crippen molar-refractivity contribution in [2.45, 2.75) is 71.3 Å². The molecule has 4 aliphatic rings. The molecule has 4 aliphatic carbocycles. The highest BCUT2D eigenvalue weighted by molar-refractivity contribution is 5.88. The summed E-state index contributed by atoms with van der Waals surface area (Å²) in [5.41, 5.74) is -0.227. The lowest BCUT2D eigenvalue weighted by atomic mass is 9.44. The second-order valence-corrected chi connectivity index (χ2v) is 9.86. The van der Waals surface area contributed by atoms with E-state index in [4.69, 9.17) is 0 Å². The topological polar surface area (TPSA) is 74.6 Å². The Morgan fingerprint density at radius 2 is 1.88 bits per heavy atom. The number of fused-ring (bicyclic) bond motifs is 5. The summed E-state index contributed by atoms with van der Waals surface area (Å²) in [6, 6.07) is 0. The monoisotopic (exact) mass is 348 g/mol. The summed E-state index contributed by atoms with van der Waals surface area (Å²) in [5, 5.41) is 19.5. The van der Waals surface area contributed by atoms with Crippen LogP contribution in [0.4, 0.5) is 0 Å². The number of Topliss-reactive ketones (excluding diaryl/α,β-unsaturated/α-hetero) is 2. The van der Waals surface area contributed by atoms with Crippen molar-refractivity contribution >= 4 is 11.6 Å². The third-order valence-corrected chi connectivity index (χ3v) is 8.87. The maximum atomic E-state index is 13.3. The average Bonchev–Trinajstić information content (AvgIpc) is 2.91. The van der Waals surface area contributed by atoms with Gasteiger partial charge in [-0.15, -0.1) is 0 Å². The highest BCUT2D eigenvalue weighted by Gasteiger charge is 2.63. The zero-order valence-electron chi connectivity index (χ0n) is 15.5. The van der Waals surface area contributed by atoms with Gasteiger partial charge in [-0.25, -0.2) is 0 Å². The number of hydrogen-bond donors (Lipinski definition) is 2. The summed E-state index contributed by atoms with van der Waals surface area (Å²) >= 11 is 0. The van der Waals surface area contributed by atoms with Gasteiger partial charge in [-0.1, -0.05) is 13.8 Å². The molecule has 4 saturated carbocycles. The molecule has 4 nitrogen and oxygen atoms in total. The highest BCUT2D eigenvalue weighted by atomic mass is 16.3. The Bertz CT molecular complexity index is 586. The molecule has 4 heteroatoms. The summed E-state index contributed by atoms with van der Waals surface area (Å²) in [6.07, 6.45) is 6.93. The molecular formula is C21H32O4. The van der Waals surface area contributed by atoms with E-state index >= 15 is 0 Å². The van der Waals surface area contributed by atoms with E-state index in [1.807, 2.05) is 0 Å². The lowest BCUT2D eigenvalue weighted by Crippen LogP contribution is -2.58. The molecular weight excluding hydrogens is 316 g/mol. The first kappa shape index (κ1) is 17.7. The largest absolute Gasteiger partial charge is 0.393 e. The van der Waals surface area contributed by atoms with Crippen molar-refractivity contribution in [1.82, 2.24) is 0 Å². The quantitative estimate of drug-likeness (QED) is 0.805. The van der Waals surface area contributed by atoms with Crippen LogP contribution < -0.4 is 0 Å². The Kier molecular flexibility index (Phi) is 4.16. The van der Waals surface area contributed by atoms with E-state index < -0.39 is 6.61 Å². The van der Waals surface area contributed by atoms with E-state index in [-0.39, 0.29) is 34.6 Å². The van der Waals surface area contributed by atoms with Crippen molar-refractivity contribution in [1.29, 1.82) is 0 Å². The predicted molar refractivity (Wildman–Crippen MR) is 93.7 cm³/mol. The molecule has 4 fully saturated rings. The highest BCUT2D eigenvalue weighted by Crippen LogP contribution is 2.66. The Morgan fingerprint density at radius 1 is 1.12 bits per heavy atom. The molecule has 140 valence electrons. The first-order valence-electron chi connectivity index (χ1n) is 10.2. The number of carbonyl (C=O) groups excluding carboxylic acids is 2. The van der Waals surface area contributed by atoms with Crippen LogP contribution in [0.5, 0.6) is 0 Å². The van der Waals surface area contributed by atoms with Crippen LogP contribution in [0.3, 0.4) is 0 Å². The fourth-order valence-corrected chi connectivity index (χ4v) is 7.69. The molecule has 0 aromatic carbocycles. The Balaban J connectivity index is 1.66. The van der Waals surface area contributed by atoms with Crippen LogP contribution in [-0.2, 0) is 9.59 Å². The van der Waals surface area contributed by atoms with Crippen molar-refractivity contribution in [3.8, 4) is 0 Å². The maximum absolute atomic E-state index is 13.3. The first-order chi connectivity index (χ1) is 11.8. The minimum absolute atomic E-state index is 0.0274. The van der Waals surface area contributed by atoms with Gasteiger partial charge in [0.25, 0.3) is 0 Å². The molecule has 0 spiro atoms. The van der Waals surface area contributed by atoms with Crippen molar-refractivity contribution in [3.63, 3.8) is 0 Å². The van der Waals surface area contributed by atoms with Crippen LogP contribution in [0.2, 0.25) is 0 Å². The molecule has 2 N–H and O–H groups in total. The maximum Gasteiger partial charge on any atom is 0.161 e. The van der Waals surface area contributed by atoms with Gasteiger partial charge in [0.1, 0.15) is 12.4 Å². The molecule has 0 heterocycles. The molecule has 0 aromatic heterocycles. The van der Waals surface area contributed by atoms with Gasteiger partial charge in [0.15, 0.2) is 5.78 Å². The van der Waals surface area contributed by atoms with Gasteiger partial charge in [-0.3, -0.25) is 9.59 Å². The second kappa shape index (κ2) is 5.88. The number of hydrogen-bond acceptors (Lipinski definition) is 4. The number of carbonyl (C=O) groups is 2. The SMILES string of the molecule is C[C@]12CC[C@@H](O)C[C@@H]1CC[C@H]1[C@@H]3CC[C@H](C(=O)CO)[C@@]3(C)CC(=O)[C@@H]12. The minimum Gasteiger partial charge on any atom is -0.393 e. The van der Waals surface area contributed by atoms with Crippen LogP contribution in [0.1, 0.15) is 65.2 Å². The summed E-state index contributed by atoms with van der Waals surface area (Å²) in [4.78, 5) is 25.6. The van der Waals surface area contributed by atoms with E-state index in [2.05, 4.69) is 13.8 Å². The van der Waals surface area contributed by atoms with E-state index in [1.54, 1.807) is 0 Å². The van der Waals surface area contributed by atoms with E-state index in [0.717, 1.165) is 44.9 Å². The molecule has 25 heavy (non-hydrogen) atoms. The summed E-state index contributed by atoms with van der Waals surface area (Å²) in [6.45, 7) is 4.04. The number of rotatable bonds is 2. The van der Waals surface area contributed by atoms with Crippen molar-refractivity contribution in [2.75, 3.05) is 6.61 Å². The van der Waals surface area contributed by atoms with Crippen LogP contribution >= 0.6 is 0 Å². The lowest BCUT2D eigenvalue weighted by Gasteiger charge is -2.59. The van der Waals surface area contributed by atoms with E-state index in [1.165, 1.54) is 0 Å². The molecule has 0 bridgehead atoms. The van der Waals surface area contributed by atoms with Crippen LogP contribution in [-0.4, -0.2) is 34.5 Å². The summed E-state index contributed by atoms with van der Waals surface area (Å²) in [7, 11) is 0. The van der Waals surface area contributed by atoms with E-state index in [0.29, 0.717) is 30.0 Å². The van der Waals surface area contributed by atoms with Gasteiger partial charge in [0.2, 0.25) is 0 Å². The predicted octanol–water partition coefficient (Wildman–Crippen LogP) is 2.75. The smallest absolute Gasteiger partial charge is 0.161 e. The van der Waals surface area contributed by atoms with Gasteiger partial charge >= 0.3 is 0 Å². The standard InChI is InChI=1S/C21H32O4/c1-20-8-7-13(23)9-12(20)3-4-14-15-5-6-16(18(25)11-22)21(15,2)10-17(24)19(14)20/h12-16,19,22-23H,3-11H2,1-2H3/t12-,13+,14-,15-,16+,19+,20-,21-/m0/s1. The van der Waals surface area contributed by atoms with Crippen LogP contribution in [0, 0.1) is 40.4 Å². The van der Waals surface area contributed by atoms with Crippen LogP contribution in [0.25, 0.3) is 0 Å². The minimum atomic E-state index is -0.396. The Morgan fingerprint density at radius 3 is 2.60 bits per heavy atom. The second-order valence-electron chi connectivity index (χ2n) is 9.86. The summed E-state index contributed by atoms with van der Waals surface area (Å²) in [5.74, 6) is 1.52. The molecule has 0 amide bonds. The molecule has 0 aromatic rings. The van der Waals surface area contributed by atoms with Crippen LogP contribution in [0.15, 0.2) is 0 Å². The van der Waals surface area contributed by atoms with Crippen molar-refractivity contribution in [2.24, 2.45) is 40.4 Å². The van der Waals surface area contributed by atoms with Gasteiger partial charge in [-0.2, -0.15) is 0 Å². The van der Waals surface area contributed by atoms with Gasteiger partial charge < -0.3 is 10.2 Å². The number of aliphatic hydroxyl groups is 2. The fraction of sp³-hybridized carbons (Fsp3) is 0.905. The van der Waals surface area contributed by atoms with Gasteiger partial charge in [-0.05, 0) is 73.5 Å². The molecule has 0 radical (unpaired) electrons. The van der Waals surface area contributed by atoms with Gasteiger partial charge in [0.05, 0.1) is 6.10 Å². The van der Waals surface area contributed by atoms with Gasteiger partial charge in [0, 0.05) is 18.3 Å². The molecule has 8 atom stereocenters. The lowest BCUT2D eigenvalue weighted by molar-refractivity contribution is -0.162. The summed E-state index contributed by atoms with van der Waals surface area (Å²) < 4.78 is 0. The zero-order valence-corrected chi connectivity index (χ0v) is 15.5. The Hall–Kier alpha value is -0.740. The molecule has 0 aliphatic heterocycles. The van der Waals surface area contributed by atoms with Crippen molar-refractivity contribution < 1.29 is 19.8 Å². The average molecular weight is 348 g/mol. The Labute approximate surface area is 150 Å². The molecule has 0 unspecified atom stereocenters.